The highest BCUT2D eigenvalue weighted by atomic mass is 19.1. The number of aliphatic hydroxyl groups is 1. The highest BCUT2D eigenvalue weighted by Gasteiger charge is 2.29. The van der Waals surface area contributed by atoms with Gasteiger partial charge < -0.3 is 10.8 Å². The van der Waals surface area contributed by atoms with Crippen LogP contribution in [0.2, 0.25) is 0 Å². The van der Waals surface area contributed by atoms with Gasteiger partial charge in [0.1, 0.15) is 11.9 Å². The second-order valence-corrected chi connectivity index (χ2v) is 5.91. The molecule has 2 rings (SSSR count). The Hall–Kier alpha value is -1.46. The molecule has 1 aliphatic carbocycles. The number of likely N-dealkylation sites (N-methyl/N-ethyl adjacent to an activating group) is 1. The van der Waals surface area contributed by atoms with E-state index in [0.717, 1.165) is 25.7 Å². The van der Waals surface area contributed by atoms with E-state index in [1.54, 1.807) is 12.1 Å². The standard InChI is InChI=1S/C16H23FN2O2/c1-19(10-12-4-2-3-5-14(12)20)15(16(18)21)11-6-8-13(17)9-7-11/h6-9,12,14-15,20H,2-5,10H2,1H3,(H2,18,21). The van der Waals surface area contributed by atoms with Crippen molar-refractivity contribution in [2.45, 2.75) is 37.8 Å². The molecule has 1 amide bonds. The van der Waals surface area contributed by atoms with Crippen molar-refractivity contribution in [2.24, 2.45) is 11.7 Å². The highest BCUT2D eigenvalue weighted by Crippen LogP contribution is 2.28. The normalized spacial score (nSPS) is 24.0. The third-order valence-electron chi connectivity index (χ3n) is 4.29. The molecule has 1 aliphatic rings. The number of halogens is 1. The Morgan fingerprint density at radius 3 is 2.57 bits per heavy atom. The lowest BCUT2D eigenvalue weighted by Crippen LogP contribution is -2.41. The summed E-state index contributed by atoms with van der Waals surface area (Å²) in [7, 11) is 1.82. The van der Waals surface area contributed by atoms with E-state index in [-0.39, 0.29) is 17.8 Å². The summed E-state index contributed by atoms with van der Waals surface area (Å²) in [6.07, 6.45) is 3.62. The fourth-order valence-electron chi connectivity index (χ4n) is 3.16. The van der Waals surface area contributed by atoms with Crippen LogP contribution in [0, 0.1) is 11.7 Å². The quantitative estimate of drug-likeness (QED) is 0.870. The number of carbonyl (C=O) groups excluding carboxylic acids is 1. The van der Waals surface area contributed by atoms with Crippen LogP contribution in [0.4, 0.5) is 4.39 Å². The fraction of sp³-hybridized carbons (Fsp3) is 0.562. The van der Waals surface area contributed by atoms with Crippen LogP contribution in [0.15, 0.2) is 24.3 Å². The monoisotopic (exact) mass is 294 g/mol. The van der Waals surface area contributed by atoms with Gasteiger partial charge in [0.15, 0.2) is 0 Å². The summed E-state index contributed by atoms with van der Waals surface area (Å²) in [6.45, 7) is 0.603. The van der Waals surface area contributed by atoms with Gasteiger partial charge in [0.05, 0.1) is 6.10 Å². The Labute approximate surface area is 124 Å². The number of hydrogen-bond donors (Lipinski definition) is 2. The molecular weight excluding hydrogens is 271 g/mol. The summed E-state index contributed by atoms with van der Waals surface area (Å²) in [5.41, 5.74) is 6.19. The highest BCUT2D eigenvalue weighted by molar-refractivity contribution is 5.81. The van der Waals surface area contributed by atoms with Gasteiger partial charge >= 0.3 is 0 Å². The van der Waals surface area contributed by atoms with Crippen LogP contribution in [0.3, 0.4) is 0 Å². The minimum atomic E-state index is -0.597. The van der Waals surface area contributed by atoms with Gasteiger partial charge in [0.25, 0.3) is 0 Å². The topological polar surface area (TPSA) is 66.6 Å². The first-order valence-corrected chi connectivity index (χ1v) is 7.42. The third-order valence-corrected chi connectivity index (χ3v) is 4.29. The second-order valence-electron chi connectivity index (χ2n) is 5.91. The minimum Gasteiger partial charge on any atom is -0.393 e. The van der Waals surface area contributed by atoms with E-state index in [1.165, 1.54) is 12.1 Å². The maximum Gasteiger partial charge on any atom is 0.239 e. The summed E-state index contributed by atoms with van der Waals surface area (Å²) >= 11 is 0. The van der Waals surface area contributed by atoms with Gasteiger partial charge in [-0.2, -0.15) is 0 Å². The number of amides is 1. The van der Waals surface area contributed by atoms with E-state index >= 15 is 0 Å². The van der Waals surface area contributed by atoms with E-state index in [0.29, 0.717) is 12.1 Å². The summed E-state index contributed by atoms with van der Waals surface area (Å²) in [4.78, 5) is 13.6. The maximum absolute atomic E-state index is 13.0. The molecule has 1 fully saturated rings. The molecule has 0 bridgehead atoms. The van der Waals surface area contributed by atoms with Crippen molar-refractivity contribution in [1.82, 2.24) is 4.90 Å². The molecule has 1 saturated carbocycles. The molecule has 21 heavy (non-hydrogen) atoms. The lowest BCUT2D eigenvalue weighted by molar-refractivity contribution is -0.123. The minimum absolute atomic E-state index is 0.158. The predicted molar refractivity (Wildman–Crippen MR) is 78.9 cm³/mol. The number of nitrogens with two attached hydrogens (primary N) is 1. The van der Waals surface area contributed by atoms with Crippen LogP contribution in [0.5, 0.6) is 0 Å². The molecule has 5 heteroatoms. The van der Waals surface area contributed by atoms with Gasteiger partial charge in [-0.15, -0.1) is 0 Å². The Balaban J connectivity index is 2.10. The molecule has 0 heterocycles. The van der Waals surface area contributed by atoms with Crippen LogP contribution in [0.25, 0.3) is 0 Å². The summed E-state index contributed by atoms with van der Waals surface area (Å²) in [5.74, 6) is -0.646. The maximum atomic E-state index is 13.0. The fourth-order valence-corrected chi connectivity index (χ4v) is 3.16. The van der Waals surface area contributed by atoms with Crippen molar-refractivity contribution < 1.29 is 14.3 Å². The molecule has 116 valence electrons. The molecule has 0 aromatic heterocycles. The van der Waals surface area contributed by atoms with Gasteiger partial charge in [-0.3, -0.25) is 9.69 Å². The molecular formula is C16H23FN2O2. The largest absolute Gasteiger partial charge is 0.393 e. The SMILES string of the molecule is CN(CC1CCCCC1O)C(C(N)=O)c1ccc(F)cc1. The number of carbonyl (C=O) groups is 1. The number of aliphatic hydroxyl groups excluding tert-OH is 1. The van der Waals surface area contributed by atoms with Gasteiger partial charge in [-0.1, -0.05) is 25.0 Å². The van der Waals surface area contributed by atoms with E-state index in [2.05, 4.69) is 0 Å². The zero-order valence-electron chi connectivity index (χ0n) is 12.3. The molecule has 0 spiro atoms. The summed E-state index contributed by atoms with van der Waals surface area (Å²) in [6, 6.07) is 5.22. The molecule has 0 aliphatic heterocycles. The lowest BCUT2D eigenvalue weighted by atomic mass is 9.86. The number of hydrogen-bond acceptors (Lipinski definition) is 3. The summed E-state index contributed by atoms with van der Waals surface area (Å²) < 4.78 is 13.0. The average molecular weight is 294 g/mol. The first-order valence-electron chi connectivity index (χ1n) is 7.42. The molecule has 0 radical (unpaired) electrons. The van der Waals surface area contributed by atoms with Crippen LogP contribution in [0.1, 0.15) is 37.3 Å². The molecule has 1 aromatic rings. The van der Waals surface area contributed by atoms with Crippen molar-refractivity contribution in [1.29, 1.82) is 0 Å². The van der Waals surface area contributed by atoms with E-state index in [9.17, 15) is 14.3 Å². The van der Waals surface area contributed by atoms with Crippen molar-refractivity contribution in [3.63, 3.8) is 0 Å². The van der Waals surface area contributed by atoms with Crippen molar-refractivity contribution in [3.05, 3.63) is 35.6 Å². The Morgan fingerprint density at radius 2 is 2.00 bits per heavy atom. The molecule has 3 N–H and O–H groups in total. The number of nitrogens with zero attached hydrogens (tertiary/aromatic N) is 1. The zero-order valence-corrected chi connectivity index (χ0v) is 12.3. The molecule has 4 nitrogen and oxygen atoms in total. The van der Waals surface area contributed by atoms with Crippen molar-refractivity contribution in [2.75, 3.05) is 13.6 Å². The molecule has 3 unspecified atom stereocenters. The summed E-state index contributed by atoms with van der Waals surface area (Å²) in [5, 5.41) is 10.1. The molecule has 0 saturated heterocycles. The molecule has 3 atom stereocenters. The smallest absolute Gasteiger partial charge is 0.239 e. The van der Waals surface area contributed by atoms with Crippen LogP contribution in [-0.4, -0.2) is 35.6 Å². The Morgan fingerprint density at radius 1 is 1.38 bits per heavy atom. The van der Waals surface area contributed by atoms with Crippen LogP contribution < -0.4 is 5.73 Å². The van der Waals surface area contributed by atoms with Gasteiger partial charge in [0.2, 0.25) is 5.91 Å². The lowest BCUT2D eigenvalue weighted by Gasteiger charge is -2.34. The van der Waals surface area contributed by atoms with Crippen LogP contribution in [-0.2, 0) is 4.79 Å². The van der Waals surface area contributed by atoms with E-state index < -0.39 is 11.9 Å². The first kappa shape index (κ1) is 15.9. The second kappa shape index (κ2) is 7.00. The van der Waals surface area contributed by atoms with Crippen LogP contribution >= 0.6 is 0 Å². The Kier molecular flexibility index (Phi) is 5.31. The van der Waals surface area contributed by atoms with Crippen molar-refractivity contribution >= 4 is 5.91 Å². The first-order chi connectivity index (χ1) is 9.99. The third kappa shape index (κ3) is 4.02. The van der Waals surface area contributed by atoms with Gasteiger partial charge in [-0.25, -0.2) is 4.39 Å². The number of benzene rings is 1. The predicted octanol–water partition coefficient (Wildman–Crippen LogP) is 1.83. The number of rotatable bonds is 5. The molecule has 1 aromatic carbocycles. The van der Waals surface area contributed by atoms with Gasteiger partial charge in [-0.05, 0) is 43.5 Å². The zero-order chi connectivity index (χ0) is 15.4. The van der Waals surface area contributed by atoms with Crippen molar-refractivity contribution in [3.8, 4) is 0 Å². The van der Waals surface area contributed by atoms with E-state index in [4.69, 9.17) is 5.73 Å². The Bertz CT molecular complexity index is 478. The average Bonchev–Trinajstić information content (AvgIpc) is 2.43. The van der Waals surface area contributed by atoms with E-state index in [1.807, 2.05) is 11.9 Å². The van der Waals surface area contributed by atoms with Gasteiger partial charge in [0, 0.05) is 6.54 Å². The number of primary amides is 1.